The van der Waals surface area contributed by atoms with Crippen molar-refractivity contribution >= 4 is 29.1 Å². The highest BCUT2D eigenvalue weighted by molar-refractivity contribution is 7.99. The molecule has 0 saturated heterocycles. The molecule has 0 aliphatic heterocycles. The zero-order valence-corrected chi connectivity index (χ0v) is 16.1. The number of thioether (sulfide) groups is 1. The second-order valence-electron chi connectivity index (χ2n) is 6.71. The van der Waals surface area contributed by atoms with Gasteiger partial charge in [-0.1, -0.05) is 61.7 Å². The van der Waals surface area contributed by atoms with Gasteiger partial charge in [0.1, 0.15) is 5.76 Å². The Kier molecular flexibility index (Phi) is 6.88. The second-order valence-corrected chi connectivity index (χ2v) is 7.88. The molecule has 0 bridgehead atoms. The molecule has 0 fully saturated rings. The van der Waals surface area contributed by atoms with Crippen molar-refractivity contribution in [3.63, 3.8) is 0 Å². The second kappa shape index (κ2) is 9.56. The average Bonchev–Trinajstić information content (AvgIpc) is 2.71. The van der Waals surface area contributed by atoms with E-state index in [1.54, 1.807) is 24.3 Å². The molecule has 0 saturated carbocycles. The van der Waals surface area contributed by atoms with Crippen LogP contribution in [-0.4, -0.2) is 22.4 Å². The molecule has 2 aromatic carbocycles. The van der Waals surface area contributed by atoms with Gasteiger partial charge in [0.25, 0.3) is 0 Å². The van der Waals surface area contributed by atoms with Crippen LogP contribution in [0.5, 0.6) is 0 Å². The van der Waals surface area contributed by atoms with Gasteiger partial charge < -0.3 is 5.11 Å². The van der Waals surface area contributed by atoms with Crippen LogP contribution in [-0.2, 0) is 4.79 Å². The Bertz CT molecular complexity index is 840. The lowest BCUT2D eigenvalue weighted by molar-refractivity contribution is -0.112. The first-order valence-corrected chi connectivity index (χ1v) is 10.5. The van der Waals surface area contributed by atoms with Gasteiger partial charge in [0.05, 0.1) is 0 Å². The number of rotatable bonds is 9. The number of fused-ring (bicyclic) bond motifs is 1. The third-order valence-electron chi connectivity index (χ3n) is 4.78. The predicted octanol–water partition coefficient (Wildman–Crippen LogP) is 5.85. The van der Waals surface area contributed by atoms with Gasteiger partial charge in [-0.15, -0.1) is 11.8 Å². The topological polar surface area (TPSA) is 54.4 Å². The Hall–Kier alpha value is -2.33. The Labute approximate surface area is 164 Å². The van der Waals surface area contributed by atoms with E-state index in [0.717, 1.165) is 37.9 Å². The minimum absolute atomic E-state index is 0.0190. The van der Waals surface area contributed by atoms with Crippen molar-refractivity contribution in [2.24, 2.45) is 0 Å². The molecule has 3 rings (SSSR count). The maximum Gasteiger partial charge on any atom is 0.234 e. The molecule has 1 aliphatic carbocycles. The first kappa shape index (κ1) is 19.4. The van der Waals surface area contributed by atoms with Crippen molar-refractivity contribution in [3.05, 3.63) is 71.3 Å². The summed E-state index contributed by atoms with van der Waals surface area (Å²) in [5.74, 6) is 0.0379. The van der Waals surface area contributed by atoms with Crippen LogP contribution in [0, 0.1) is 0 Å². The van der Waals surface area contributed by atoms with Crippen molar-refractivity contribution in [3.8, 4) is 0 Å². The molecule has 0 radical (unpaired) electrons. The number of hydrogen-bond acceptors (Lipinski definition) is 4. The molecule has 27 heavy (non-hydrogen) atoms. The summed E-state index contributed by atoms with van der Waals surface area (Å²) < 4.78 is 0. The highest BCUT2D eigenvalue weighted by Crippen LogP contribution is 2.30. The summed E-state index contributed by atoms with van der Waals surface area (Å²) >= 11 is 1.88. The van der Waals surface area contributed by atoms with Gasteiger partial charge in [-0.3, -0.25) is 9.59 Å². The molecule has 0 unspecified atom stereocenters. The van der Waals surface area contributed by atoms with E-state index >= 15 is 0 Å². The number of hydrogen-bond donors (Lipinski definition) is 1. The number of benzene rings is 2. The van der Waals surface area contributed by atoms with Crippen LogP contribution < -0.4 is 0 Å². The smallest absolute Gasteiger partial charge is 0.234 e. The molecule has 4 heteroatoms. The van der Waals surface area contributed by atoms with Crippen LogP contribution >= 0.6 is 11.8 Å². The van der Waals surface area contributed by atoms with E-state index in [1.807, 2.05) is 17.8 Å². The van der Waals surface area contributed by atoms with E-state index < -0.39 is 11.6 Å². The lowest BCUT2D eigenvalue weighted by Gasteiger charge is -2.17. The summed E-state index contributed by atoms with van der Waals surface area (Å²) in [6.45, 7) is 0. The van der Waals surface area contributed by atoms with Crippen molar-refractivity contribution < 1.29 is 14.7 Å². The Morgan fingerprint density at radius 2 is 1.33 bits per heavy atom. The molecule has 0 atom stereocenters. The van der Waals surface area contributed by atoms with Gasteiger partial charge in [-0.25, -0.2) is 0 Å². The van der Waals surface area contributed by atoms with Gasteiger partial charge in [-0.05, 0) is 37.1 Å². The first-order chi connectivity index (χ1) is 13.2. The minimum Gasteiger partial charge on any atom is -0.507 e. The molecule has 2 aromatic rings. The molecule has 0 spiro atoms. The lowest BCUT2D eigenvalue weighted by atomic mass is 9.86. The summed E-state index contributed by atoms with van der Waals surface area (Å²) in [7, 11) is 0. The summed E-state index contributed by atoms with van der Waals surface area (Å²) in [5.41, 5.74) is 1.06. The van der Waals surface area contributed by atoms with Crippen molar-refractivity contribution in [1.82, 2.24) is 0 Å². The summed E-state index contributed by atoms with van der Waals surface area (Å²) in [5, 5.41) is 10.4. The van der Waals surface area contributed by atoms with Crippen LogP contribution in [0.1, 0.15) is 54.4 Å². The molecule has 0 amide bonds. The number of unbranched alkanes of at least 4 members (excludes halogenated alkanes) is 4. The highest BCUT2D eigenvalue weighted by atomic mass is 32.2. The zero-order valence-electron chi connectivity index (χ0n) is 15.3. The predicted molar refractivity (Wildman–Crippen MR) is 110 cm³/mol. The Morgan fingerprint density at radius 1 is 0.704 bits per heavy atom. The van der Waals surface area contributed by atoms with E-state index in [1.165, 1.54) is 4.90 Å². The van der Waals surface area contributed by atoms with Gasteiger partial charge in [0.15, 0.2) is 0 Å². The van der Waals surface area contributed by atoms with Gasteiger partial charge in [0, 0.05) is 21.6 Å². The fraction of sp³-hybridized carbons (Fsp3) is 0.304. The summed E-state index contributed by atoms with van der Waals surface area (Å²) in [6.07, 6.45) is 5.69. The summed E-state index contributed by atoms with van der Waals surface area (Å²) in [6, 6.07) is 17.2. The largest absolute Gasteiger partial charge is 0.507 e. The number of carbonyl (C=O) groups excluding carboxylic acids is 2. The van der Waals surface area contributed by atoms with Crippen LogP contribution in [0.25, 0.3) is 5.76 Å². The number of allylic oxidation sites excluding steroid dienone is 1. The van der Waals surface area contributed by atoms with Crippen LogP contribution in [0.2, 0.25) is 0 Å². The van der Waals surface area contributed by atoms with E-state index in [4.69, 9.17) is 0 Å². The number of ketones is 2. The molecule has 0 aromatic heterocycles. The standard InChI is InChI=1S/C23H24O3S/c24-21-18-13-8-9-14-19(18)22(25)23(26)20(21)15-7-2-1-3-10-16-27-17-11-5-4-6-12-17/h4-6,8-9,11-14,24H,1-3,7,10,15-16H2. The fourth-order valence-corrected chi connectivity index (χ4v) is 4.22. The number of aliphatic hydroxyl groups excluding tert-OH is 1. The molecule has 1 aliphatic rings. The highest BCUT2D eigenvalue weighted by Gasteiger charge is 2.31. The van der Waals surface area contributed by atoms with E-state index in [2.05, 4.69) is 24.3 Å². The van der Waals surface area contributed by atoms with Crippen molar-refractivity contribution in [2.45, 2.75) is 43.4 Å². The third-order valence-corrected chi connectivity index (χ3v) is 5.87. The number of Topliss-reactive ketones (excluding diaryl/α,β-unsaturated/α-hetero) is 2. The third kappa shape index (κ3) is 4.89. The Morgan fingerprint density at radius 3 is 2.11 bits per heavy atom. The SMILES string of the molecule is O=C1C(=O)c2ccccc2C(O)=C1CCCCCCCSc1ccccc1. The number of aliphatic hydroxyl groups is 1. The van der Waals surface area contributed by atoms with E-state index in [0.29, 0.717) is 17.5 Å². The van der Waals surface area contributed by atoms with Crippen LogP contribution in [0.4, 0.5) is 0 Å². The molecule has 3 nitrogen and oxygen atoms in total. The van der Waals surface area contributed by atoms with E-state index in [-0.39, 0.29) is 11.3 Å². The quantitative estimate of drug-likeness (QED) is 0.337. The molecule has 140 valence electrons. The molecular weight excluding hydrogens is 356 g/mol. The van der Waals surface area contributed by atoms with E-state index in [9.17, 15) is 14.7 Å². The van der Waals surface area contributed by atoms with Crippen LogP contribution in [0.3, 0.4) is 0 Å². The van der Waals surface area contributed by atoms with Gasteiger partial charge >= 0.3 is 0 Å². The maximum absolute atomic E-state index is 12.3. The minimum atomic E-state index is -0.550. The van der Waals surface area contributed by atoms with Crippen molar-refractivity contribution in [2.75, 3.05) is 5.75 Å². The fourth-order valence-electron chi connectivity index (χ4n) is 3.29. The van der Waals surface area contributed by atoms with Gasteiger partial charge in [0.2, 0.25) is 11.6 Å². The molecule has 1 N–H and O–H groups in total. The molecule has 0 heterocycles. The first-order valence-electron chi connectivity index (χ1n) is 9.47. The maximum atomic E-state index is 12.3. The average molecular weight is 381 g/mol. The normalized spacial score (nSPS) is 13.8. The summed E-state index contributed by atoms with van der Waals surface area (Å²) in [4.78, 5) is 25.8. The lowest BCUT2D eigenvalue weighted by Crippen LogP contribution is -2.24. The number of carbonyl (C=O) groups is 2. The zero-order chi connectivity index (χ0) is 19.1. The van der Waals surface area contributed by atoms with Gasteiger partial charge in [-0.2, -0.15) is 0 Å². The van der Waals surface area contributed by atoms with Crippen molar-refractivity contribution in [1.29, 1.82) is 0 Å². The molecular formula is C23H24O3S. The van der Waals surface area contributed by atoms with Crippen LogP contribution in [0.15, 0.2) is 65.1 Å². The Balaban J connectivity index is 1.40. The monoisotopic (exact) mass is 380 g/mol.